The van der Waals surface area contributed by atoms with Crippen LogP contribution in [0.3, 0.4) is 0 Å². The number of ether oxygens (including phenoxy) is 1. The summed E-state index contributed by atoms with van der Waals surface area (Å²) in [6.45, 7) is 4.46. The van der Waals surface area contributed by atoms with Crippen molar-refractivity contribution in [2.75, 3.05) is 12.4 Å². The molecule has 0 radical (unpaired) electrons. The van der Waals surface area contributed by atoms with Crippen molar-refractivity contribution in [2.45, 2.75) is 30.2 Å². The minimum Gasteiger partial charge on any atom is -0.496 e. The fourth-order valence-electron chi connectivity index (χ4n) is 2.45. The molecule has 0 amide bonds. The quantitative estimate of drug-likeness (QED) is 0.646. The highest BCUT2D eigenvalue weighted by atomic mass is 35.5. The van der Waals surface area contributed by atoms with Crippen molar-refractivity contribution in [3.63, 3.8) is 0 Å². The second-order valence-electron chi connectivity index (χ2n) is 5.56. The molecule has 3 aromatic rings. The summed E-state index contributed by atoms with van der Waals surface area (Å²) in [5.41, 5.74) is 2.13. The maximum absolute atomic E-state index is 6.43. The van der Waals surface area contributed by atoms with Crippen molar-refractivity contribution < 1.29 is 4.74 Å². The molecule has 0 saturated heterocycles. The van der Waals surface area contributed by atoms with Gasteiger partial charge < -0.3 is 15.0 Å². The van der Waals surface area contributed by atoms with Gasteiger partial charge in [-0.1, -0.05) is 29.4 Å². The van der Waals surface area contributed by atoms with Gasteiger partial charge in [-0.15, -0.1) is 10.2 Å². The molecule has 0 aliphatic carbocycles. The van der Waals surface area contributed by atoms with E-state index < -0.39 is 0 Å². The summed E-state index contributed by atoms with van der Waals surface area (Å²) in [5, 5.41) is 11.9. The first-order chi connectivity index (χ1) is 12.1. The zero-order valence-electron chi connectivity index (χ0n) is 14.3. The summed E-state index contributed by atoms with van der Waals surface area (Å²) in [7, 11) is 1.68. The number of methoxy groups -OCH3 is 1. The van der Waals surface area contributed by atoms with Gasteiger partial charge in [0.25, 0.3) is 0 Å². The molecule has 0 unspecified atom stereocenters. The van der Waals surface area contributed by atoms with E-state index in [9.17, 15) is 0 Å². The molecule has 0 atom stereocenters. The molecule has 0 spiro atoms. The monoisotopic (exact) mass is 374 g/mol. The van der Waals surface area contributed by atoms with Gasteiger partial charge in [-0.25, -0.2) is 0 Å². The first-order valence-electron chi connectivity index (χ1n) is 7.80. The van der Waals surface area contributed by atoms with Crippen molar-refractivity contribution in [1.82, 2.24) is 15.2 Å². The molecule has 25 heavy (non-hydrogen) atoms. The van der Waals surface area contributed by atoms with E-state index in [4.69, 9.17) is 16.3 Å². The van der Waals surface area contributed by atoms with Crippen LogP contribution in [-0.4, -0.2) is 22.3 Å². The Labute approximate surface area is 156 Å². The van der Waals surface area contributed by atoms with Gasteiger partial charge in [-0.2, -0.15) is 0 Å². The topological polar surface area (TPSA) is 62.8 Å². The van der Waals surface area contributed by atoms with Gasteiger partial charge in [-0.05, 0) is 49.7 Å². The van der Waals surface area contributed by atoms with Gasteiger partial charge in [-0.3, -0.25) is 0 Å². The molecule has 3 rings (SSSR count). The molecule has 2 aromatic carbocycles. The maximum Gasteiger partial charge on any atom is 0.222 e. The van der Waals surface area contributed by atoms with E-state index in [2.05, 4.69) is 38.7 Å². The van der Waals surface area contributed by atoms with Crippen molar-refractivity contribution in [2.24, 2.45) is 0 Å². The lowest BCUT2D eigenvalue weighted by molar-refractivity contribution is 0.411. The number of nitrogens with zero attached hydrogens (tertiary/aromatic N) is 2. The van der Waals surface area contributed by atoms with Gasteiger partial charge in [0.15, 0.2) is 0 Å². The van der Waals surface area contributed by atoms with Gasteiger partial charge in [0, 0.05) is 26.9 Å². The highest BCUT2D eigenvalue weighted by Crippen LogP contribution is 2.35. The largest absolute Gasteiger partial charge is 0.496 e. The minimum atomic E-state index is 0.561. The number of H-pyrrole nitrogens is 1. The minimum absolute atomic E-state index is 0.561. The molecule has 2 N–H and O–H groups in total. The fraction of sp³-hybridized carbons (Fsp3) is 0.222. The number of aromatic nitrogens is 3. The molecule has 0 saturated carbocycles. The van der Waals surface area contributed by atoms with Gasteiger partial charge in [0.05, 0.1) is 7.11 Å². The molecule has 0 bridgehead atoms. The number of aromatic amines is 1. The molecule has 7 heteroatoms. The van der Waals surface area contributed by atoms with E-state index in [-0.39, 0.29) is 0 Å². The molecule has 1 aromatic heterocycles. The first kappa shape index (κ1) is 17.6. The third kappa shape index (κ3) is 4.27. The Kier molecular flexibility index (Phi) is 5.50. The van der Waals surface area contributed by atoms with Crippen molar-refractivity contribution in [3.05, 3.63) is 58.4 Å². The number of anilines is 1. The second-order valence-corrected chi connectivity index (χ2v) is 7.09. The number of hydrogen-bond donors (Lipinski definition) is 2. The molecule has 5 nitrogen and oxygen atoms in total. The van der Waals surface area contributed by atoms with E-state index in [0.29, 0.717) is 12.5 Å². The number of aryl methyl sites for hydroxylation is 2. The van der Waals surface area contributed by atoms with Crippen LogP contribution in [0, 0.1) is 13.8 Å². The highest BCUT2D eigenvalue weighted by Gasteiger charge is 2.10. The lowest BCUT2D eigenvalue weighted by atomic mass is 10.2. The van der Waals surface area contributed by atoms with E-state index >= 15 is 0 Å². The van der Waals surface area contributed by atoms with Crippen LogP contribution in [0.5, 0.6) is 5.75 Å². The van der Waals surface area contributed by atoms with E-state index in [1.54, 1.807) is 18.9 Å². The van der Waals surface area contributed by atoms with Crippen LogP contribution in [0.25, 0.3) is 0 Å². The van der Waals surface area contributed by atoms with Gasteiger partial charge in [0.2, 0.25) is 5.95 Å². The highest BCUT2D eigenvalue weighted by molar-refractivity contribution is 7.99. The molecular formula is C18H19ClN4OS. The molecule has 0 fully saturated rings. The average Bonchev–Trinajstić information content (AvgIpc) is 3.00. The predicted molar refractivity (Wildman–Crippen MR) is 102 cm³/mol. The summed E-state index contributed by atoms with van der Waals surface area (Å²) in [6, 6.07) is 12.1. The number of benzene rings is 2. The molecule has 0 aliphatic heterocycles. The van der Waals surface area contributed by atoms with E-state index in [1.807, 2.05) is 32.0 Å². The Bertz CT molecular complexity index is 881. The average molecular weight is 375 g/mol. The van der Waals surface area contributed by atoms with Crippen LogP contribution in [0.4, 0.5) is 5.95 Å². The zero-order valence-corrected chi connectivity index (χ0v) is 15.8. The van der Waals surface area contributed by atoms with Crippen molar-refractivity contribution in [3.8, 4) is 5.75 Å². The number of hydrogen-bond acceptors (Lipinski definition) is 5. The maximum atomic E-state index is 6.43. The van der Waals surface area contributed by atoms with Crippen LogP contribution >= 0.6 is 23.4 Å². The lowest BCUT2D eigenvalue weighted by Crippen LogP contribution is -2.03. The van der Waals surface area contributed by atoms with Crippen LogP contribution in [0.15, 0.2) is 46.2 Å². The van der Waals surface area contributed by atoms with Crippen molar-refractivity contribution >= 4 is 29.3 Å². The second kappa shape index (κ2) is 7.80. The summed E-state index contributed by atoms with van der Waals surface area (Å²) in [4.78, 5) is 5.29. The van der Waals surface area contributed by atoms with Crippen LogP contribution in [0.1, 0.15) is 17.0 Å². The summed E-state index contributed by atoms with van der Waals surface area (Å²) in [5.74, 6) is 2.29. The summed E-state index contributed by atoms with van der Waals surface area (Å²) >= 11 is 8.10. The predicted octanol–water partition coefficient (Wildman–Crippen LogP) is 4.85. The van der Waals surface area contributed by atoms with Crippen molar-refractivity contribution in [1.29, 1.82) is 0 Å². The SMILES string of the molecule is COc1ccc(Sc2cccc(Cl)c2CNc2nnc(C)[nH]2)cc1C. The zero-order chi connectivity index (χ0) is 17.8. The standard InChI is InChI=1S/C18H19ClN4OS/c1-11-9-13(7-8-16(11)24-3)25-17-6-4-5-15(19)14(17)10-20-18-21-12(2)22-23-18/h4-9H,10H2,1-3H3,(H2,20,21,22,23). The Morgan fingerprint density at radius 2 is 2.04 bits per heavy atom. The Hall–Kier alpha value is -2.18. The Morgan fingerprint density at radius 3 is 2.72 bits per heavy atom. The van der Waals surface area contributed by atoms with Crippen LogP contribution in [0.2, 0.25) is 5.02 Å². The first-order valence-corrected chi connectivity index (χ1v) is 8.99. The smallest absolute Gasteiger partial charge is 0.222 e. The number of halogens is 1. The number of rotatable bonds is 6. The van der Waals surface area contributed by atoms with Gasteiger partial charge >= 0.3 is 0 Å². The Morgan fingerprint density at radius 1 is 1.20 bits per heavy atom. The third-order valence-electron chi connectivity index (χ3n) is 3.70. The lowest BCUT2D eigenvalue weighted by Gasteiger charge is -2.13. The van der Waals surface area contributed by atoms with Gasteiger partial charge in [0.1, 0.15) is 11.6 Å². The summed E-state index contributed by atoms with van der Waals surface area (Å²) in [6.07, 6.45) is 0. The van der Waals surface area contributed by atoms with E-state index in [1.165, 1.54) is 0 Å². The van der Waals surface area contributed by atoms with E-state index in [0.717, 1.165) is 37.5 Å². The normalized spacial score (nSPS) is 10.7. The summed E-state index contributed by atoms with van der Waals surface area (Å²) < 4.78 is 5.33. The number of nitrogens with one attached hydrogen (secondary N) is 2. The van der Waals surface area contributed by atoms with Crippen LogP contribution < -0.4 is 10.1 Å². The fourth-order valence-corrected chi connectivity index (χ4v) is 3.82. The third-order valence-corrected chi connectivity index (χ3v) is 5.15. The van der Waals surface area contributed by atoms with Crippen LogP contribution in [-0.2, 0) is 6.54 Å². The molecule has 0 aliphatic rings. The molecule has 1 heterocycles. The Balaban J connectivity index is 1.81. The molecule has 130 valence electrons. The molecular weight excluding hydrogens is 356 g/mol.